The summed E-state index contributed by atoms with van der Waals surface area (Å²) in [4.78, 5) is 0. The fourth-order valence-electron chi connectivity index (χ4n) is 1.55. The molecule has 0 saturated carbocycles. The third-order valence-electron chi connectivity index (χ3n) is 2.24. The fourth-order valence-corrected chi connectivity index (χ4v) is 1.79. The first kappa shape index (κ1) is 10.4. The minimum atomic E-state index is -0.285. The first-order valence-corrected chi connectivity index (χ1v) is 5.27. The molecule has 4 heteroatoms. The van der Waals surface area contributed by atoms with Crippen molar-refractivity contribution < 1.29 is 8.91 Å². The quantitative estimate of drug-likeness (QED) is 0.786. The Morgan fingerprint density at radius 1 is 1.33 bits per heavy atom. The number of benzene rings is 1. The molecule has 2 nitrogen and oxygen atoms in total. The average molecular weight is 270 g/mol. The van der Waals surface area contributed by atoms with Crippen LogP contribution in [-0.2, 0) is 0 Å². The first-order chi connectivity index (χ1) is 7.09. The van der Waals surface area contributed by atoms with E-state index in [9.17, 15) is 4.39 Å². The van der Waals surface area contributed by atoms with Crippen molar-refractivity contribution in [2.45, 2.75) is 13.8 Å². The van der Waals surface area contributed by atoms with Gasteiger partial charge < -0.3 is 4.52 Å². The molecule has 0 aliphatic carbocycles. The van der Waals surface area contributed by atoms with Gasteiger partial charge in [0.2, 0.25) is 0 Å². The van der Waals surface area contributed by atoms with Crippen LogP contribution in [0.15, 0.2) is 27.2 Å². The Morgan fingerprint density at radius 3 is 2.60 bits per heavy atom. The van der Waals surface area contributed by atoms with Crippen LogP contribution in [0.25, 0.3) is 11.1 Å². The van der Waals surface area contributed by atoms with Crippen LogP contribution in [0.5, 0.6) is 0 Å². The van der Waals surface area contributed by atoms with E-state index in [1.165, 1.54) is 6.07 Å². The van der Waals surface area contributed by atoms with Crippen LogP contribution in [0.3, 0.4) is 0 Å². The second kappa shape index (κ2) is 3.77. The molecule has 0 unspecified atom stereocenters. The third-order valence-corrected chi connectivity index (χ3v) is 2.88. The minimum absolute atomic E-state index is 0.285. The van der Waals surface area contributed by atoms with Crippen molar-refractivity contribution in [1.82, 2.24) is 5.16 Å². The molecule has 0 bridgehead atoms. The van der Waals surface area contributed by atoms with Crippen molar-refractivity contribution in [2.75, 3.05) is 0 Å². The van der Waals surface area contributed by atoms with Crippen molar-refractivity contribution >= 4 is 15.9 Å². The van der Waals surface area contributed by atoms with Gasteiger partial charge in [-0.2, -0.15) is 0 Å². The fraction of sp³-hybridized carbons (Fsp3) is 0.182. The van der Waals surface area contributed by atoms with Crippen LogP contribution in [-0.4, -0.2) is 5.16 Å². The summed E-state index contributed by atoms with van der Waals surface area (Å²) in [6.07, 6.45) is 0. The van der Waals surface area contributed by atoms with E-state index in [1.54, 1.807) is 6.07 Å². The molecule has 0 aliphatic rings. The highest BCUT2D eigenvalue weighted by molar-refractivity contribution is 9.10. The van der Waals surface area contributed by atoms with Crippen molar-refractivity contribution in [1.29, 1.82) is 0 Å². The number of aromatic nitrogens is 1. The van der Waals surface area contributed by atoms with Crippen molar-refractivity contribution in [3.8, 4) is 11.1 Å². The smallest absolute Gasteiger partial charge is 0.141 e. The van der Waals surface area contributed by atoms with Gasteiger partial charge in [0.25, 0.3) is 0 Å². The van der Waals surface area contributed by atoms with Crippen LogP contribution in [0, 0.1) is 19.7 Å². The highest BCUT2D eigenvalue weighted by Crippen LogP contribution is 2.29. The van der Waals surface area contributed by atoms with Crippen molar-refractivity contribution in [3.05, 3.63) is 39.9 Å². The van der Waals surface area contributed by atoms with E-state index in [0.29, 0.717) is 10.2 Å². The molecule has 0 fully saturated rings. The molecule has 0 radical (unpaired) electrons. The lowest BCUT2D eigenvalue weighted by Crippen LogP contribution is -1.84. The van der Waals surface area contributed by atoms with E-state index in [1.807, 2.05) is 19.9 Å². The van der Waals surface area contributed by atoms with Gasteiger partial charge >= 0.3 is 0 Å². The number of hydrogen-bond donors (Lipinski definition) is 0. The molecule has 2 aromatic rings. The molecule has 1 aromatic carbocycles. The Hall–Kier alpha value is -1.16. The monoisotopic (exact) mass is 269 g/mol. The zero-order valence-corrected chi connectivity index (χ0v) is 9.93. The Bertz CT molecular complexity index is 488. The van der Waals surface area contributed by atoms with E-state index >= 15 is 0 Å². The summed E-state index contributed by atoms with van der Waals surface area (Å²) < 4.78 is 18.8. The van der Waals surface area contributed by atoms with E-state index in [-0.39, 0.29) is 5.82 Å². The highest BCUT2D eigenvalue weighted by atomic mass is 79.9. The van der Waals surface area contributed by atoms with Gasteiger partial charge in [-0.25, -0.2) is 4.39 Å². The molecule has 0 N–H and O–H groups in total. The standard InChI is InChI=1S/C11H9BrFNO/c1-6-11(7(2)15-14-6)8-3-4-9(12)10(13)5-8/h3-5H,1-2H3. The van der Waals surface area contributed by atoms with Crippen LogP contribution < -0.4 is 0 Å². The predicted molar refractivity (Wildman–Crippen MR) is 59.1 cm³/mol. The number of nitrogens with zero attached hydrogens (tertiary/aromatic N) is 1. The lowest BCUT2D eigenvalue weighted by Gasteiger charge is -2.01. The van der Waals surface area contributed by atoms with Crippen molar-refractivity contribution in [2.24, 2.45) is 0 Å². The molecule has 0 amide bonds. The average Bonchev–Trinajstić information content (AvgIpc) is 2.52. The summed E-state index contributed by atoms with van der Waals surface area (Å²) in [6, 6.07) is 4.98. The van der Waals surface area contributed by atoms with Gasteiger partial charge in [0, 0.05) is 5.56 Å². The van der Waals surface area contributed by atoms with Crippen LogP contribution in [0.2, 0.25) is 0 Å². The molecule has 2 rings (SSSR count). The molecule has 0 saturated heterocycles. The van der Waals surface area contributed by atoms with E-state index < -0.39 is 0 Å². The summed E-state index contributed by atoms with van der Waals surface area (Å²) in [5, 5.41) is 3.84. The highest BCUT2D eigenvalue weighted by Gasteiger charge is 2.12. The minimum Gasteiger partial charge on any atom is -0.361 e. The zero-order chi connectivity index (χ0) is 11.0. The lowest BCUT2D eigenvalue weighted by molar-refractivity contribution is 0.393. The number of hydrogen-bond acceptors (Lipinski definition) is 2. The summed E-state index contributed by atoms with van der Waals surface area (Å²) in [7, 11) is 0. The van der Waals surface area contributed by atoms with Gasteiger partial charge in [-0.15, -0.1) is 0 Å². The second-order valence-corrected chi connectivity index (χ2v) is 4.18. The van der Waals surface area contributed by atoms with Gasteiger partial charge in [0.1, 0.15) is 11.6 Å². The SMILES string of the molecule is Cc1noc(C)c1-c1ccc(Br)c(F)c1. The van der Waals surface area contributed by atoms with Gasteiger partial charge in [0.05, 0.1) is 10.2 Å². The van der Waals surface area contributed by atoms with Crippen LogP contribution in [0.4, 0.5) is 4.39 Å². The summed E-state index contributed by atoms with van der Waals surface area (Å²) >= 11 is 3.12. The van der Waals surface area contributed by atoms with Gasteiger partial charge in [-0.3, -0.25) is 0 Å². The maximum atomic E-state index is 13.3. The molecule has 15 heavy (non-hydrogen) atoms. The Kier molecular flexibility index (Phi) is 2.61. The van der Waals surface area contributed by atoms with Crippen LogP contribution >= 0.6 is 15.9 Å². The molecule has 78 valence electrons. The topological polar surface area (TPSA) is 26.0 Å². The van der Waals surface area contributed by atoms with Crippen LogP contribution in [0.1, 0.15) is 11.5 Å². The Labute approximate surface area is 95.2 Å². The summed E-state index contributed by atoms with van der Waals surface area (Å²) in [5.41, 5.74) is 2.42. The molecule has 1 aromatic heterocycles. The molecule has 1 heterocycles. The maximum Gasteiger partial charge on any atom is 0.141 e. The van der Waals surface area contributed by atoms with E-state index in [2.05, 4.69) is 21.1 Å². The molecular formula is C11H9BrFNO. The Morgan fingerprint density at radius 2 is 2.07 bits per heavy atom. The third kappa shape index (κ3) is 1.81. The first-order valence-electron chi connectivity index (χ1n) is 4.48. The molecule has 0 aliphatic heterocycles. The van der Waals surface area contributed by atoms with Gasteiger partial charge in [0.15, 0.2) is 0 Å². The van der Waals surface area contributed by atoms with E-state index in [0.717, 1.165) is 16.8 Å². The van der Waals surface area contributed by atoms with E-state index in [4.69, 9.17) is 4.52 Å². The molecular weight excluding hydrogens is 261 g/mol. The summed E-state index contributed by atoms with van der Waals surface area (Å²) in [5.74, 6) is 0.418. The second-order valence-electron chi connectivity index (χ2n) is 3.33. The number of aryl methyl sites for hydroxylation is 2. The molecule has 0 spiro atoms. The zero-order valence-electron chi connectivity index (χ0n) is 8.34. The van der Waals surface area contributed by atoms with Gasteiger partial charge in [-0.05, 0) is 47.5 Å². The van der Waals surface area contributed by atoms with Crippen molar-refractivity contribution in [3.63, 3.8) is 0 Å². The van der Waals surface area contributed by atoms with Gasteiger partial charge in [-0.1, -0.05) is 11.2 Å². The lowest BCUT2D eigenvalue weighted by atomic mass is 10.0. The summed E-state index contributed by atoms with van der Waals surface area (Å²) in [6.45, 7) is 3.65. The normalized spacial score (nSPS) is 10.7. The number of halogens is 2. The Balaban J connectivity index is 2.59. The number of rotatable bonds is 1. The maximum absolute atomic E-state index is 13.3. The predicted octanol–water partition coefficient (Wildman–Crippen LogP) is 3.86. The molecule has 0 atom stereocenters. The largest absolute Gasteiger partial charge is 0.361 e.